The lowest BCUT2D eigenvalue weighted by Gasteiger charge is -2.06. The van der Waals surface area contributed by atoms with E-state index in [-0.39, 0.29) is 10.5 Å². The summed E-state index contributed by atoms with van der Waals surface area (Å²) < 4.78 is 13.6. The molecule has 1 heterocycles. The van der Waals surface area contributed by atoms with Crippen LogP contribution in [0.25, 0.3) is 0 Å². The maximum absolute atomic E-state index is 13.6. The van der Waals surface area contributed by atoms with Gasteiger partial charge in [-0.15, -0.1) is 11.8 Å². The minimum atomic E-state index is -1.11. The van der Waals surface area contributed by atoms with Gasteiger partial charge in [-0.25, -0.2) is 14.2 Å². The summed E-state index contributed by atoms with van der Waals surface area (Å²) in [5, 5.41) is 9.61. The van der Waals surface area contributed by atoms with Crippen molar-refractivity contribution in [3.8, 4) is 0 Å². The largest absolute Gasteiger partial charge is 0.478 e. The van der Waals surface area contributed by atoms with Crippen LogP contribution in [-0.4, -0.2) is 16.1 Å². The molecule has 0 bridgehead atoms. The van der Waals surface area contributed by atoms with Crippen LogP contribution in [0.1, 0.15) is 16.1 Å². The van der Waals surface area contributed by atoms with Crippen molar-refractivity contribution in [3.63, 3.8) is 0 Å². The van der Waals surface area contributed by atoms with E-state index in [1.807, 2.05) is 0 Å². The summed E-state index contributed by atoms with van der Waals surface area (Å²) in [6.45, 7) is 0. The summed E-state index contributed by atoms with van der Waals surface area (Å²) in [7, 11) is 0. The molecule has 0 aliphatic rings. The number of carboxylic acids is 1. The van der Waals surface area contributed by atoms with E-state index < -0.39 is 11.8 Å². The second-order valence-corrected chi connectivity index (χ2v) is 5.61. The number of carboxylic acid groups (broad SMARTS) is 1. The zero-order valence-corrected chi connectivity index (χ0v) is 12.3. The Balaban J connectivity index is 2.20. The Morgan fingerprint density at radius 2 is 2.05 bits per heavy atom. The van der Waals surface area contributed by atoms with Gasteiger partial charge in [0.15, 0.2) is 0 Å². The molecule has 0 aliphatic heterocycles. The van der Waals surface area contributed by atoms with Crippen molar-refractivity contribution in [2.45, 2.75) is 10.6 Å². The predicted molar refractivity (Wildman–Crippen MR) is 77.2 cm³/mol. The smallest absolute Gasteiger partial charge is 0.335 e. The highest BCUT2D eigenvalue weighted by atomic mass is 35.5. The Hall–Kier alpha value is -1.30. The first-order valence-electron chi connectivity index (χ1n) is 5.44. The third-order valence-corrected chi connectivity index (χ3v) is 4.02. The number of aromatic carboxylic acids is 1. The van der Waals surface area contributed by atoms with E-state index in [0.29, 0.717) is 21.6 Å². The Morgan fingerprint density at radius 1 is 1.30 bits per heavy atom. The zero-order valence-electron chi connectivity index (χ0n) is 9.94. The Bertz CT molecular complexity index is 667. The van der Waals surface area contributed by atoms with E-state index in [4.69, 9.17) is 28.3 Å². The third kappa shape index (κ3) is 3.62. The van der Waals surface area contributed by atoms with Gasteiger partial charge in [0.1, 0.15) is 11.0 Å². The standard InChI is InChI=1S/C13H8Cl2FNO2S/c14-8-2-4-12(15)17-10(8)6-20-11-5-7(13(18)19)1-3-9(11)16/h1-5H,6H2,(H,18,19). The highest BCUT2D eigenvalue weighted by Crippen LogP contribution is 2.29. The summed E-state index contributed by atoms with van der Waals surface area (Å²) in [6, 6.07) is 6.78. The van der Waals surface area contributed by atoms with Crippen LogP contribution in [0.5, 0.6) is 0 Å². The van der Waals surface area contributed by atoms with Gasteiger partial charge in [0.25, 0.3) is 0 Å². The van der Waals surface area contributed by atoms with Crippen molar-refractivity contribution in [2.24, 2.45) is 0 Å². The summed E-state index contributed by atoms with van der Waals surface area (Å²) in [5.41, 5.74) is 0.545. The fourth-order valence-electron chi connectivity index (χ4n) is 1.45. The molecule has 1 aromatic carbocycles. The van der Waals surface area contributed by atoms with Crippen LogP contribution in [0.2, 0.25) is 10.2 Å². The van der Waals surface area contributed by atoms with Gasteiger partial charge in [-0.05, 0) is 30.3 Å². The molecule has 0 spiro atoms. The molecule has 2 aromatic rings. The van der Waals surface area contributed by atoms with Crippen molar-refractivity contribution in [1.29, 1.82) is 0 Å². The second-order valence-electron chi connectivity index (χ2n) is 3.80. The van der Waals surface area contributed by atoms with Gasteiger partial charge in [-0.3, -0.25) is 0 Å². The van der Waals surface area contributed by atoms with E-state index in [0.717, 1.165) is 17.8 Å². The first-order valence-corrected chi connectivity index (χ1v) is 7.18. The molecule has 7 heteroatoms. The number of pyridine rings is 1. The fourth-order valence-corrected chi connectivity index (χ4v) is 2.80. The number of rotatable bonds is 4. The molecule has 0 radical (unpaired) electrons. The number of carbonyl (C=O) groups is 1. The van der Waals surface area contributed by atoms with Crippen molar-refractivity contribution < 1.29 is 14.3 Å². The van der Waals surface area contributed by atoms with E-state index in [2.05, 4.69) is 4.98 Å². The first kappa shape index (κ1) is 15.1. The summed E-state index contributed by atoms with van der Waals surface area (Å²) >= 11 is 12.8. The van der Waals surface area contributed by atoms with Crippen LogP contribution in [0.4, 0.5) is 4.39 Å². The Labute approximate surface area is 128 Å². The van der Waals surface area contributed by atoms with Gasteiger partial charge in [0.2, 0.25) is 0 Å². The van der Waals surface area contributed by atoms with Crippen LogP contribution < -0.4 is 0 Å². The molecule has 0 unspecified atom stereocenters. The molecule has 0 aliphatic carbocycles. The highest BCUT2D eigenvalue weighted by molar-refractivity contribution is 7.98. The minimum Gasteiger partial charge on any atom is -0.478 e. The number of thioether (sulfide) groups is 1. The first-order chi connectivity index (χ1) is 9.47. The topological polar surface area (TPSA) is 50.2 Å². The Kier molecular flexibility index (Phi) is 4.86. The number of hydrogen-bond donors (Lipinski definition) is 1. The lowest BCUT2D eigenvalue weighted by Crippen LogP contribution is -1.97. The molecule has 0 amide bonds. The molecule has 1 N–H and O–H groups in total. The summed E-state index contributed by atoms with van der Waals surface area (Å²) in [6.07, 6.45) is 0. The van der Waals surface area contributed by atoms with Gasteiger partial charge in [-0.2, -0.15) is 0 Å². The maximum atomic E-state index is 13.6. The molecule has 104 valence electrons. The minimum absolute atomic E-state index is 0.0269. The van der Waals surface area contributed by atoms with Crippen molar-refractivity contribution >= 4 is 40.9 Å². The van der Waals surface area contributed by atoms with Gasteiger partial charge in [-0.1, -0.05) is 23.2 Å². The molecule has 0 fully saturated rings. The number of nitrogens with zero attached hydrogens (tertiary/aromatic N) is 1. The zero-order chi connectivity index (χ0) is 14.7. The Morgan fingerprint density at radius 3 is 2.75 bits per heavy atom. The second kappa shape index (κ2) is 6.43. The van der Waals surface area contributed by atoms with Crippen LogP contribution >= 0.6 is 35.0 Å². The fraction of sp³-hybridized carbons (Fsp3) is 0.0769. The number of benzene rings is 1. The molecule has 1 aromatic heterocycles. The average molecular weight is 332 g/mol. The molecular weight excluding hydrogens is 324 g/mol. The lowest BCUT2D eigenvalue weighted by atomic mass is 10.2. The molecule has 0 saturated carbocycles. The third-order valence-electron chi connectivity index (χ3n) is 2.43. The number of hydrogen-bond acceptors (Lipinski definition) is 3. The predicted octanol–water partition coefficient (Wildman–Crippen LogP) is 4.52. The highest BCUT2D eigenvalue weighted by Gasteiger charge is 2.11. The normalized spacial score (nSPS) is 10.6. The van der Waals surface area contributed by atoms with Crippen molar-refractivity contribution in [1.82, 2.24) is 4.98 Å². The summed E-state index contributed by atoms with van der Waals surface area (Å²) in [5.74, 6) is -1.30. The SMILES string of the molecule is O=C(O)c1ccc(F)c(SCc2nc(Cl)ccc2Cl)c1. The molecule has 3 nitrogen and oxygen atoms in total. The quantitative estimate of drug-likeness (QED) is 0.661. The maximum Gasteiger partial charge on any atom is 0.335 e. The van der Waals surface area contributed by atoms with E-state index in [1.54, 1.807) is 12.1 Å². The van der Waals surface area contributed by atoms with Crippen LogP contribution in [0, 0.1) is 5.82 Å². The molecule has 0 atom stereocenters. The van der Waals surface area contributed by atoms with Crippen LogP contribution in [-0.2, 0) is 5.75 Å². The van der Waals surface area contributed by atoms with E-state index >= 15 is 0 Å². The molecular formula is C13H8Cl2FNO2S. The lowest BCUT2D eigenvalue weighted by molar-refractivity contribution is 0.0696. The van der Waals surface area contributed by atoms with Crippen molar-refractivity contribution in [3.05, 3.63) is 57.6 Å². The van der Waals surface area contributed by atoms with Gasteiger partial charge in [0, 0.05) is 10.6 Å². The van der Waals surface area contributed by atoms with E-state index in [1.165, 1.54) is 12.1 Å². The summed E-state index contributed by atoms with van der Waals surface area (Å²) in [4.78, 5) is 15.1. The van der Waals surface area contributed by atoms with Gasteiger partial charge < -0.3 is 5.11 Å². The van der Waals surface area contributed by atoms with Crippen LogP contribution in [0.15, 0.2) is 35.2 Å². The van der Waals surface area contributed by atoms with Gasteiger partial charge >= 0.3 is 5.97 Å². The van der Waals surface area contributed by atoms with Crippen LogP contribution in [0.3, 0.4) is 0 Å². The molecule has 20 heavy (non-hydrogen) atoms. The molecule has 0 saturated heterocycles. The monoisotopic (exact) mass is 331 g/mol. The van der Waals surface area contributed by atoms with Crippen molar-refractivity contribution in [2.75, 3.05) is 0 Å². The van der Waals surface area contributed by atoms with Gasteiger partial charge in [0.05, 0.1) is 16.3 Å². The number of halogens is 3. The number of aromatic nitrogens is 1. The molecule has 2 rings (SSSR count). The van der Waals surface area contributed by atoms with E-state index in [9.17, 15) is 9.18 Å². The average Bonchev–Trinajstić information content (AvgIpc) is 2.41.